The van der Waals surface area contributed by atoms with Crippen LogP contribution in [0.5, 0.6) is 0 Å². The SMILES string of the molecule is [2H]OC(=O)[C@@H](N)[C@H](C)O. The minimum absolute atomic E-state index is 0.926. The molecule has 0 aromatic heterocycles. The normalized spacial score (nSPS) is 18.6. The summed E-state index contributed by atoms with van der Waals surface area (Å²) in [6.07, 6.45) is -0.970. The molecule has 4 nitrogen and oxygen atoms in total. The summed E-state index contributed by atoms with van der Waals surface area (Å²) in [5, 5.41) is 12.1. The summed E-state index contributed by atoms with van der Waals surface area (Å²) in [4.78, 5) is 10.3. The smallest absolute Gasteiger partial charge is 0.323 e. The van der Waals surface area contributed by atoms with Crippen LogP contribution < -0.4 is 5.73 Å². The Morgan fingerprint density at radius 3 is 2.62 bits per heavy atom. The minimum Gasteiger partial charge on any atom is -0.480 e. The molecule has 2 atom stereocenters. The largest absolute Gasteiger partial charge is 0.480 e. The predicted molar refractivity (Wildman–Crippen MR) is 27.3 cm³/mol. The average Bonchev–Trinajstić information content (AvgIpc) is 1.84. The second-order valence-electron chi connectivity index (χ2n) is 1.59. The van der Waals surface area contributed by atoms with Crippen molar-refractivity contribution >= 4 is 5.97 Å². The summed E-state index contributed by atoms with van der Waals surface area (Å²) >= 11 is 0. The molecule has 8 heavy (non-hydrogen) atoms. The zero-order chi connectivity index (χ0) is 7.44. The van der Waals surface area contributed by atoms with Crippen LogP contribution in [-0.2, 0) is 4.79 Å². The Balaban J connectivity index is 3.72. The summed E-state index contributed by atoms with van der Waals surface area (Å²) in [6.45, 7) is 1.35. The van der Waals surface area contributed by atoms with Crippen molar-refractivity contribution in [2.24, 2.45) is 5.73 Å². The first-order chi connectivity index (χ1) is 4.09. The number of aliphatic carboxylic acids is 1. The van der Waals surface area contributed by atoms with Gasteiger partial charge in [0.1, 0.15) is 6.04 Å². The van der Waals surface area contributed by atoms with E-state index in [0.717, 1.165) is 0 Å². The number of carboxylic acids is 1. The number of carbonyl (C=O) groups is 1. The Morgan fingerprint density at radius 2 is 2.50 bits per heavy atom. The maximum atomic E-state index is 10.3. The quantitative estimate of drug-likeness (QED) is 0.426. The first kappa shape index (κ1) is 5.53. The Labute approximate surface area is 48.4 Å². The third-order valence-corrected chi connectivity index (χ3v) is 0.792. The summed E-state index contributed by atoms with van der Waals surface area (Å²) in [7, 11) is 0. The molecule has 0 rings (SSSR count). The van der Waals surface area contributed by atoms with Crippen molar-refractivity contribution in [3.8, 4) is 0 Å². The highest BCUT2D eigenvalue weighted by Crippen LogP contribution is 1.85. The highest BCUT2D eigenvalue weighted by Gasteiger charge is 2.16. The number of aliphatic hydroxyl groups is 1. The molecule has 0 bridgehead atoms. The van der Waals surface area contributed by atoms with E-state index in [1.165, 1.54) is 6.92 Å². The molecular weight excluding hydrogens is 110 g/mol. The van der Waals surface area contributed by atoms with E-state index in [4.69, 9.17) is 12.3 Å². The summed E-state index contributed by atoms with van der Waals surface area (Å²) in [5.41, 5.74) is 5.03. The van der Waals surface area contributed by atoms with Crippen LogP contribution in [0.2, 0.25) is 0 Å². The van der Waals surface area contributed by atoms with Crippen LogP contribution in [0.1, 0.15) is 6.92 Å². The highest BCUT2D eigenvalue weighted by molar-refractivity contribution is 5.73. The number of rotatable bonds is 2. The van der Waals surface area contributed by atoms with Crippen molar-refractivity contribution in [1.29, 1.82) is 1.43 Å². The van der Waals surface area contributed by atoms with E-state index in [2.05, 4.69) is 5.11 Å². The first-order valence-electron chi connectivity index (χ1n) is 2.61. The van der Waals surface area contributed by atoms with Gasteiger partial charge in [-0.25, -0.2) is 0 Å². The van der Waals surface area contributed by atoms with Crippen LogP contribution in [0.15, 0.2) is 0 Å². The van der Waals surface area contributed by atoms with Crippen LogP contribution in [-0.4, -0.2) is 28.3 Å². The summed E-state index contributed by atoms with van der Waals surface area (Å²) in [6, 6.07) is -1.11. The molecule has 0 unspecified atom stereocenters. The van der Waals surface area contributed by atoms with Crippen molar-refractivity contribution in [1.82, 2.24) is 0 Å². The molecule has 4 heteroatoms. The van der Waals surface area contributed by atoms with Gasteiger partial charge in [-0.05, 0) is 6.92 Å². The van der Waals surface area contributed by atoms with Gasteiger partial charge < -0.3 is 15.9 Å². The second-order valence-corrected chi connectivity index (χ2v) is 1.59. The van der Waals surface area contributed by atoms with E-state index < -0.39 is 18.1 Å². The third-order valence-electron chi connectivity index (χ3n) is 0.792. The minimum atomic E-state index is -1.11. The topological polar surface area (TPSA) is 83.5 Å². The van der Waals surface area contributed by atoms with E-state index in [9.17, 15) is 4.79 Å². The van der Waals surface area contributed by atoms with Gasteiger partial charge in [-0.15, -0.1) is 0 Å². The fourth-order valence-electron chi connectivity index (χ4n) is 0.197. The first-order valence-corrected chi connectivity index (χ1v) is 2.20. The summed E-state index contributed by atoms with van der Waals surface area (Å²) < 4.78 is 6.09. The monoisotopic (exact) mass is 120 g/mol. The molecule has 48 valence electrons. The van der Waals surface area contributed by atoms with Gasteiger partial charge >= 0.3 is 5.97 Å². The molecule has 0 aliphatic rings. The predicted octanol–water partition coefficient (Wildman–Crippen LogP) is -1.22. The highest BCUT2D eigenvalue weighted by atomic mass is 16.4. The number of hydrogen-bond donors (Lipinski definition) is 3. The Kier molecular flexibility index (Phi) is 1.82. The standard InChI is InChI=1S/C4H9NO3/c1-2(6)3(5)4(7)8/h2-3,6H,5H2,1H3,(H,7,8)/t2-,3-/m0/s1/i/hD. The van der Waals surface area contributed by atoms with E-state index in [0.29, 0.717) is 0 Å². The molecule has 0 aliphatic carbocycles. The number of nitrogens with two attached hydrogens (primary N) is 1. The van der Waals surface area contributed by atoms with E-state index in [1.54, 1.807) is 0 Å². The second kappa shape index (κ2) is 2.64. The Morgan fingerprint density at radius 1 is 2.00 bits per heavy atom. The number of aliphatic hydroxyl groups excluding tert-OH is 1. The molecule has 0 saturated carbocycles. The lowest BCUT2D eigenvalue weighted by molar-refractivity contribution is -0.140. The molecule has 0 aromatic rings. The molecule has 0 amide bonds. The Hall–Kier alpha value is -0.610. The maximum absolute atomic E-state index is 10.3. The van der Waals surface area contributed by atoms with Gasteiger partial charge in [0.25, 0.3) is 1.43 Å². The van der Waals surface area contributed by atoms with Gasteiger partial charge in [-0.3, -0.25) is 4.79 Å². The lowest BCUT2D eigenvalue weighted by Gasteiger charge is -2.06. The van der Waals surface area contributed by atoms with E-state index in [-0.39, 0.29) is 0 Å². The van der Waals surface area contributed by atoms with Crippen LogP contribution >= 0.6 is 0 Å². The molecule has 0 aromatic carbocycles. The van der Waals surface area contributed by atoms with Crippen LogP contribution in [0, 0.1) is 0 Å². The molecule has 0 aliphatic heterocycles. The zero-order valence-electron chi connectivity index (χ0n) is 5.50. The van der Waals surface area contributed by atoms with Crippen LogP contribution in [0.3, 0.4) is 0 Å². The van der Waals surface area contributed by atoms with Crippen molar-refractivity contribution < 1.29 is 15.0 Å². The fourth-order valence-corrected chi connectivity index (χ4v) is 0.197. The van der Waals surface area contributed by atoms with Crippen LogP contribution in [0.25, 0.3) is 1.43 Å². The maximum Gasteiger partial charge on any atom is 0.323 e. The van der Waals surface area contributed by atoms with Crippen molar-refractivity contribution in [3.63, 3.8) is 0 Å². The lowest BCUT2D eigenvalue weighted by atomic mass is 10.2. The van der Waals surface area contributed by atoms with Crippen molar-refractivity contribution in [2.45, 2.75) is 19.1 Å². The van der Waals surface area contributed by atoms with Gasteiger partial charge in [0.15, 0.2) is 0 Å². The Bertz CT molecular complexity index is 106. The third kappa shape index (κ3) is 1.90. The van der Waals surface area contributed by atoms with Crippen molar-refractivity contribution in [2.75, 3.05) is 0 Å². The molecule has 0 radical (unpaired) electrons. The van der Waals surface area contributed by atoms with Gasteiger partial charge in [0.05, 0.1) is 6.10 Å². The zero-order valence-corrected chi connectivity index (χ0v) is 4.50. The fraction of sp³-hybridized carbons (Fsp3) is 0.750. The van der Waals surface area contributed by atoms with E-state index in [1.807, 2.05) is 0 Å². The number of carboxylic acid groups (broad SMARTS) is 1. The van der Waals surface area contributed by atoms with Gasteiger partial charge in [-0.2, -0.15) is 0 Å². The van der Waals surface area contributed by atoms with Crippen LogP contribution in [0.4, 0.5) is 0 Å². The van der Waals surface area contributed by atoms with Gasteiger partial charge in [0.2, 0.25) is 0 Å². The molecule has 0 saturated heterocycles. The summed E-state index contributed by atoms with van der Waals surface area (Å²) in [5.74, 6) is -0.926. The number of hydrogen-bond acceptors (Lipinski definition) is 4. The molecule has 4 N–H and O–H groups in total. The van der Waals surface area contributed by atoms with Gasteiger partial charge in [0, 0.05) is 0 Å². The molecule has 0 spiro atoms. The lowest BCUT2D eigenvalue weighted by Crippen LogP contribution is -2.39. The van der Waals surface area contributed by atoms with Crippen molar-refractivity contribution in [3.05, 3.63) is 0 Å². The molecular formula is C4H9NO3. The average molecular weight is 120 g/mol. The van der Waals surface area contributed by atoms with Gasteiger partial charge in [-0.1, -0.05) is 0 Å². The van der Waals surface area contributed by atoms with E-state index >= 15 is 0 Å². The molecule has 0 heterocycles. The molecule has 0 fully saturated rings.